The Labute approximate surface area is 148 Å². The summed E-state index contributed by atoms with van der Waals surface area (Å²) in [4.78, 5) is 24.5. The minimum absolute atomic E-state index is 0.190. The minimum atomic E-state index is -0.197. The van der Waals surface area contributed by atoms with Crippen LogP contribution in [0.2, 0.25) is 0 Å². The first-order valence-corrected chi connectivity index (χ1v) is 8.31. The van der Waals surface area contributed by atoms with Crippen LogP contribution in [0.4, 0.5) is 0 Å². The number of methoxy groups -OCH3 is 1. The molecular weight excluding hydrogens is 316 g/mol. The zero-order valence-electron chi connectivity index (χ0n) is 14.7. The average molecular weight is 340 g/mol. The van der Waals surface area contributed by atoms with Crippen LogP contribution in [0.15, 0.2) is 48.5 Å². The Morgan fingerprint density at radius 1 is 0.960 bits per heavy atom. The Morgan fingerprint density at radius 2 is 1.64 bits per heavy atom. The molecule has 5 heteroatoms. The van der Waals surface area contributed by atoms with Crippen molar-refractivity contribution < 1.29 is 14.3 Å². The first-order chi connectivity index (χ1) is 12.1. The monoisotopic (exact) mass is 340 g/mol. The lowest BCUT2D eigenvalue weighted by Crippen LogP contribution is -2.26. The van der Waals surface area contributed by atoms with Crippen LogP contribution in [0.3, 0.4) is 0 Å². The van der Waals surface area contributed by atoms with Gasteiger partial charge < -0.3 is 15.4 Å². The van der Waals surface area contributed by atoms with Crippen LogP contribution in [-0.2, 0) is 11.3 Å². The Bertz CT molecular complexity index is 728. The van der Waals surface area contributed by atoms with Crippen LogP contribution in [0.25, 0.3) is 0 Å². The quantitative estimate of drug-likeness (QED) is 0.726. The lowest BCUT2D eigenvalue weighted by atomic mass is 10.1. The summed E-state index contributed by atoms with van der Waals surface area (Å²) in [6, 6.07) is 14.6. The van der Waals surface area contributed by atoms with Gasteiger partial charge in [-0.05, 0) is 42.7 Å². The SMILES string of the molecule is COCCCNC(=O)c1cccc(C(=O)NCc2ccccc2C)c1. The molecule has 0 atom stereocenters. The summed E-state index contributed by atoms with van der Waals surface area (Å²) in [6.07, 6.45) is 0.749. The largest absolute Gasteiger partial charge is 0.385 e. The molecule has 0 heterocycles. The molecule has 0 fully saturated rings. The van der Waals surface area contributed by atoms with E-state index in [-0.39, 0.29) is 11.8 Å². The number of rotatable bonds is 8. The lowest BCUT2D eigenvalue weighted by molar-refractivity contribution is 0.0948. The van der Waals surface area contributed by atoms with Gasteiger partial charge in [-0.15, -0.1) is 0 Å². The Morgan fingerprint density at radius 3 is 2.32 bits per heavy atom. The molecule has 0 saturated carbocycles. The van der Waals surface area contributed by atoms with Gasteiger partial charge in [0, 0.05) is 37.9 Å². The number of ether oxygens (including phenoxy) is 1. The molecule has 0 aromatic heterocycles. The third-order valence-corrected chi connectivity index (χ3v) is 3.90. The summed E-state index contributed by atoms with van der Waals surface area (Å²) in [5.74, 6) is -0.387. The fraction of sp³-hybridized carbons (Fsp3) is 0.300. The summed E-state index contributed by atoms with van der Waals surface area (Å²) < 4.78 is 4.95. The van der Waals surface area contributed by atoms with Crippen LogP contribution in [0, 0.1) is 6.92 Å². The molecule has 0 aliphatic heterocycles. The molecule has 2 aromatic carbocycles. The topological polar surface area (TPSA) is 67.4 Å². The molecule has 25 heavy (non-hydrogen) atoms. The van der Waals surface area contributed by atoms with Gasteiger partial charge in [0.2, 0.25) is 0 Å². The summed E-state index contributed by atoms with van der Waals surface area (Å²) in [7, 11) is 1.63. The summed E-state index contributed by atoms with van der Waals surface area (Å²) in [5, 5.41) is 5.71. The molecule has 0 bridgehead atoms. The second-order valence-corrected chi connectivity index (χ2v) is 5.79. The molecule has 0 unspecified atom stereocenters. The fourth-order valence-electron chi connectivity index (χ4n) is 2.41. The molecule has 2 N–H and O–H groups in total. The molecule has 0 saturated heterocycles. The highest BCUT2D eigenvalue weighted by Gasteiger charge is 2.10. The van der Waals surface area contributed by atoms with Gasteiger partial charge in [-0.2, -0.15) is 0 Å². The summed E-state index contributed by atoms with van der Waals surface area (Å²) >= 11 is 0. The third kappa shape index (κ3) is 5.72. The maximum absolute atomic E-state index is 12.3. The highest BCUT2D eigenvalue weighted by atomic mass is 16.5. The van der Waals surface area contributed by atoms with Gasteiger partial charge in [-0.25, -0.2) is 0 Å². The predicted molar refractivity (Wildman–Crippen MR) is 97.6 cm³/mol. The molecule has 0 aliphatic rings. The van der Waals surface area contributed by atoms with Crippen molar-refractivity contribution in [2.45, 2.75) is 19.9 Å². The van der Waals surface area contributed by atoms with Gasteiger partial charge in [0.1, 0.15) is 0 Å². The highest BCUT2D eigenvalue weighted by molar-refractivity contribution is 5.99. The van der Waals surface area contributed by atoms with Crippen LogP contribution in [0.1, 0.15) is 38.3 Å². The summed E-state index contributed by atoms with van der Waals surface area (Å²) in [6.45, 7) is 3.60. The standard InChI is InChI=1S/C20H24N2O3/c1-15-7-3-4-8-18(15)14-22-20(24)17-10-5-9-16(13-17)19(23)21-11-6-12-25-2/h3-5,7-10,13H,6,11-12,14H2,1-2H3,(H,21,23)(H,22,24). The second kappa shape index (κ2) is 9.59. The van der Waals surface area contributed by atoms with E-state index in [0.29, 0.717) is 30.8 Å². The zero-order valence-corrected chi connectivity index (χ0v) is 14.7. The van der Waals surface area contributed by atoms with Gasteiger partial charge in [-0.1, -0.05) is 30.3 Å². The van der Waals surface area contributed by atoms with E-state index in [2.05, 4.69) is 10.6 Å². The number of benzene rings is 2. The number of nitrogens with one attached hydrogen (secondary N) is 2. The summed E-state index contributed by atoms with van der Waals surface area (Å²) in [5.41, 5.74) is 3.15. The second-order valence-electron chi connectivity index (χ2n) is 5.79. The molecule has 2 aromatic rings. The van der Waals surface area contributed by atoms with E-state index in [4.69, 9.17) is 4.74 Å². The van der Waals surface area contributed by atoms with Crippen molar-refractivity contribution in [3.05, 3.63) is 70.8 Å². The molecular formula is C20H24N2O3. The number of hydrogen-bond donors (Lipinski definition) is 2. The van der Waals surface area contributed by atoms with Gasteiger partial charge in [0.05, 0.1) is 0 Å². The molecule has 132 valence electrons. The van der Waals surface area contributed by atoms with E-state index in [1.165, 1.54) is 0 Å². The van der Waals surface area contributed by atoms with Crippen molar-refractivity contribution >= 4 is 11.8 Å². The Balaban J connectivity index is 1.94. The first-order valence-electron chi connectivity index (χ1n) is 8.31. The van der Waals surface area contributed by atoms with Gasteiger partial charge in [0.15, 0.2) is 0 Å². The maximum atomic E-state index is 12.3. The van der Waals surface area contributed by atoms with Crippen LogP contribution < -0.4 is 10.6 Å². The van der Waals surface area contributed by atoms with E-state index >= 15 is 0 Å². The molecule has 0 aliphatic carbocycles. The zero-order chi connectivity index (χ0) is 18.1. The van der Waals surface area contributed by atoms with Crippen molar-refractivity contribution in [3.63, 3.8) is 0 Å². The first kappa shape index (κ1) is 18.7. The highest BCUT2D eigenvalue weighted by Crippen LogP contribution is 2.09. The van der Waals surface area contributed by atoms with Crippen molar-refractivity contribution in [1.82, 2.24) is 10.6 Å². The van der Waals surface area contributed by atoms with Crippen LogP contribution in [-0.4, -0.2) is 32.1 Å². The van der Waals surface area contributed by atoms with Crippen molar-refractivity contribution in [3.8, 4) is 0 Å². The molecule has 0 radical (unpaired) electrons. The Hall–Kier alpha value is -2.66. The molecule has 2 rings (SSSR count). The molecule has 2 amide bonds. The van der Waals surface area contributed by atoms with E-state index < -0.39 is 0 Å². The average Bonchev–Trinajstić information content (AvgIpc) is 2.64. The fourth-order valence-corrected chi connectivity index (χ4v) is 2.41. The molecule has 0 spiro atoms. The number of carbonyl (C=O) groups is 2. The van der Waals surface area contributed by atoms with Crippen LogP contribution >= 0.6 is 0 Å². The normalized spacial score (nSPS) is 10.3. The van der Waals surface area contributed by atoms with Gasteiger partial charge in [-0.3, -0.25) is 9.59 Å². The predicted octanol–water partition coefficient (Wildman–Crippen LogP) is 2.69. The van der Waals surface area contributed by atoms with Crippen LogP contribution in [0.5, 0.6) is 0 Å². The third-order valence-electron chi connectivity index (χ3n) is 3.90. The lowest BCUT2D eigenvalue weighted by Gasteiger charge is -2.09. The van der Waals surface area contributed by atoms with Crippen molar-refractivity contribution in [1.29, 1.82) is 0 Å². The van der Waals surface area contributed by atoms with E-state index in [9.17, 15) is 9.59 Å². The van der Waals surface area contributed by atoms with E-state index in [0.717, 1.165) is 17.5 Å². The van der Waals surface area contributed by atoms with E-state index in [1.54, 1.807) is 31.4 Å². The van der Waals surface area contributed by atoms with E-state index in [1.807, 2.05) is 31.2 Å². The minimum Gasteiger partial charge on any atom is -0.385 e. The molecule has 5 nitrogen and oxygen atoms in total. The van der Waals surface area contributed by atoms with Crippen molar-refractivity contribution in [2.24, 2.45) is 0 Å². The van der Waals surface area contributed by atoms with Gasteiger partial charge >= 0.3 is 0 Å². The smallest absolute Gasteiger partial charge is 0.251 e. The Kier molecular flexibility index (Phi) is 7.16. The number of hydrogen-bond acceptors (Lipinski definition) is 3. The number of carbonyl (C=O) groups excluding carboxylic acids is 2. The number of amides is 2. The van der Waals surface area contributed by atoms with Gasteiger partial charge in [0.25, 0.3) is 11.8 Å². The number of aryl methyl sites for hydroxylation is 1. The maximum Gasteiger partial charge on any atom is 0.251 e. The van der Waals surface area contributed by atoms with Crippen molar-refractivity contribution in [2.75, 3.05) is 20.3 Å².